The maximum atomic E-state index is 12.3. The van der Waals surface area contributed by atoms with Gasteiger partial charge in [0.25, 0.3) is 5.69 Å². The Hall–Kier alpha value is -3.20. The summed E-state index contributed by atoms with van der Waals surface area (Å²) in [7, 11) is 0. The lowest BCUT2D eigenvalue weighted by atomic mass is 9.99. The Morgan fingerprint density at radius 2 is 2.10 bits per heavy atom. The van der Waals surface area contributed by atoms with Crippen molar-refractivity contribution in [2.45, 2.75) is 44.2 Å². The topological polar surface area (TPSA) is 130 Å². The summed E-state index contributed by atoms with van der Waals surface area (Å²) in [5.74, 6) is -0.928. The fourth-order valence-corrected chi connectivity index (χ4v) is 3.14. The minimum atomic E-state index is -0.938. The van der Waals surface area contributed by atoms with Crippen molar-refractivity contribution in [2.24, 2.45) is 0 Å². The van der Waals surface area contributed by atoms with E-state index in [1.807, 2.05) is 6.08 Å². The predicted molar refractivity (Wildman–Crippen MR) is 109 cm³/mol. The van der Waals surface area contributed by atoms with Crippen molar-refractivity contribution in [2.75, 3.05) is 13.2 Å². The summed E-state index contributed by atoms with van der Waals surface area (Å²) in [6, 6.07) is 5.87. The lowest BCUT2D eigenvalue weighted by Gasteiger charge is -2.33. The molecule has 0 radical (unpaired) electrons. The molecule has 1 saturated heterocycles. The number of hydrogen-bond acceptors (Lipinski definition) is 6. The molecule has 1 fully saturated rings. The van der Waals surface area contributed by atoms with Crippen LogP contribution in [0.15, 0.2) is 48.8 Å². The number of amides is 1. The Morgan fingerprint density at radius 3 is 2.77 bits per heavy atom. The first-order valence-corrected chi connectivity index (χ1v) is 9.74. The molecular formula is C21H26N2O7. The van der Waals surface area contributed by atoms with Gasteiger partial charge in [0.2, 0.25) is 5.91 Å². The van der Waals surface area contributed by atoms with Crippen molar-refractivity contribution >= 4 is 17.6 Å². The average Bonchev–Trinajstić information content (AvgIpc) is 2.70. The third kappa shape index (κ3) is 7.67. The quantitative estimate of drug-likeness (QED) is 0.186. The minimum absolute atomic E-state index is 0.000126. The number of carbonyl (C=O) groups is 2. The number of rotatable bonds is 11. The number of hydrogen-bond donors (Lipinski definition) is 2. The fraction of sp³-hybridized carbons (Fsp3) is 0.429. The van der Waals surface area contributed by atoms with Gasteiger partial charge in [-0.1, -0.05) is 24.3 Å². The van der Waals surface area contributed by atoms with Gasteiger partial charge in [0.15, 0.2) is 0 Å². The molecule has 2 rings (SSSR count). The van der Waals surface area contributed by atoms with Crippen molar-refractivity contribution in [1.29, 1.82) is 0 Å². The molecule has 0 spiro atoms. The van der Waals surface area contributed by atoms with Crippen LogP contribution in [0.1, 0.15) is 31.2 Å². The van der Waals surface area contributed by atoms with E-state index in [4.69, 9.17) is 9.84 Å². The summed E-state index contributed by atoms with van der Waals surface area (Å²) in [6.45, 7) is 0.400. The number of non-ortho nitro benzene ring substituents is 1. The number of benzene rings is 1. The van der Waals surface area contributed by atoms with Crippen molar-refractivity contribution in [1.82, 2.24) is 4.90 Å². The van der Waals surface area contributed by atoms with Crippen molar-refractivity contribution in [3.63, 3.8) is 0 Å². The number of carboxylic acid groups (broad SMARTS) is 1. The van der Waals surface area contributed by atoms with Crippen LogP contribution in [0.5, 0.6) is 0 Å². The van der Waals surface area contributed by atoms with Crippen molar-refractivity contribution in [3.05, 3.63) is 64.4 Å². The van der Waals surface area contributed by atoms with E-state index < -0.39 is 17.0 Å². The van der Waals surface area contributed by atoms with E-state index in [1.165, 1.54) is 18.4 Å². The summed E-state index contributed by atoms with van der Waals surface area (Å²) in [5.41, 5.74) is 0.774. The molecule has 162 valence electrons. The lowest BCUT2D eigenvalue weighted by Crippen LogP contribution is -2.42. The minimum Gasteiger partial charge on any atom is -0.501 e. The van der Waals surface area contributed by atoms with Crippen LogP contribution in [-0.2, 0) is 20.7 Å². The number of carbonyl (C=O) groups excluding carboxylic acids is 1. The summed E-state index contributed by atoms with van der Waals surface area (Å²) in [6.07, 6.45) is 7.97. The van der Waals surface area contributed by atoms with Gasteiger partial charge in [-0.05, 0) is 24.5 Å². The maximum Gasteiger partial charge on any atom is 0.306 e. The molecule has 2 N–H and O–H groups in total. The van der Waals surface area contributed by atoms with Gasteiger partial charge in [0, 0.05) is 31.5 Å². The van der Waals surface area contributed by atoms with Gasteiger partial charge >= 0.3 is 5.97 Å². The molecule has 1 aliphatic rings. The first-order chi connectivity index (χ1) is 14.4. The molecule has 1 aromatic rings. The van der Waals surface area contributed by atoms with E-state index in [0.717, 1.165) is 18.4 Å². The molecule has 30 heavy (non-hydrogen) atoms. The Morgan fingerprint density at radius 1 is 1.37 bits per heavy atom. The number of aliphatic hydroxyl groups is 1. The standard InChI is InChI=1S/C21H26N2O7/c24-19(15-16-5-7-18(8-6-16)23(28)29)10-9-17-3-1-4-20(25)22(17)12-2-13-30-14-11-21(26)27/h2,5-10,13,17,19,24H,1,3-4,11-12,14-15H2,(H,26,27)/b10-9+,13-2-/t17-,19?/m1/s1. The third-order valence-electron chi connectivity index (χ3n) is 4.69. The SMILES string of the molecule is O=C(O)CCO/C=C\CN1C(=O)CCC[C@@H]1/C=C/C(O)Cc1ccc([N+](=O)[O-])cc1. The van der Waals surface area contributed by atoms with Gasteiger partial charge < -0.3 is 19.8 Å². The van der Waals surface area contributed by atoms with Crippen LogP contribution in [0.4, 0.5) is 5.69 Å². The normalized spacial score (nSPS) is 18.1. The number of nitro benzene ring substituents is 1. The molecule has 0 aliphatic carbocycles. The van der Waals surface area contributed by atoms with Crippen molar-refractivity contribution in [3.8, 4) is 0 Å². The van der Waals surface area contributed by atoms with E-state index in [0.29, 0.717) is 19.4 Å². The van der Waals surface area contributed by atoms with Crippen LogP contribution in [0.2, 0.25) is 0 Å². The molecular weight excluding hydrogens is 392 g/mol. The average molecular weight is 418 g/mol. The third-order valence-corrected chi connectivity index (χ3v) is 4.69. The molecule has 1 aliphatic heterocycles. The van der Waals surface area contributed by atoms with E-state index in [-0.39, 0.29) is 30.7 Å². The number of carboxylic acids is 1. The second kappa shape index (κ2) is 11.7. The van der Waals surface area contributed by atoms with Crippen LogP contribution in [0.25, 0.3) is 0 Å². The summed E-state index contributed by atoms with van der Waals surface area (Å²) in [4.78, 5) is 34.6. The summed E-state index contributed by atoms with van der Waals surface area (Å²) in [5, 5.41) is 29.5. The maximum absolute atomic E-state index is 12.3. The van der Waals surface area contributed by atoms with Crippen LogP contribution >= 0.6 is 0 Å². The molecule has 1 aromatic carbocycles. The Bertz CT molecular complexity index is 789. The number of ether oxygens (including phenoxy) is 1. The van der Waals surface area contributed by atoms with E-state index in [2.05, 4.69) is 0 Å². The first kappa shape index (κ1) is 23.1. The molecule has 1 heterocycles. The number of nitro groups is 1. The van der Waals surface area contributed by atoms with Gasteiger partial charge in [-0.25, -0.2) is 0 Å². The highest BCUT2D eigenvalue weighted by atomic mass is 16.6. The second-order valence-electron chi connectivity index (χ2n) is 6.97. The van der Waals surface area contributed by atoms with E-state index in [1.54, 1.807) is 29.2 Å². The molecule has 1 amide bonds. The first-order valence-electron chi connectivity index (χ1n) is 9.74. The highest BCUT2D eigenvalue weighted by Gasteiger charge is 2.25. The predicted octanol–water partition coefficient (Wildman–Crippen LogP) is 2.44. The Kier molecular flexibility index (Phi) is 9.02. The zero-order chi connectivity index (χ0) is 21.9. The van der Waals surface area contributed by atoms with Gasteiger partial charge in [-0.3, -0.25) is 19.7 Å². The summed E-state index contributed by atoms with van der Waals surface area (Å²) >= 11 is 0. The smallest absolute Gasteiger partial charge is 0.306 e. The number of piperidine rings is 1. The Balaban J connectivity index is 1.88. The molecule has 1 unspecified atom stereocenters. The van der Waals surface area contributed by atoms with E-state index in [9.17, 15) is 24.8 Å². The van der Waals surface area contributed by atoms with Crippen LogP contribution in [0.3, 0.4) is 0 Å². The lowest BCUT2D eigenvalue weighted by molar-refractivity contribution is -0.384. The number of likely N-dealkylation sites (tertiary alicyclic amines) is 1. The van der Waals surface area contributed by atoms with E-state index >= 15 is 0 Å². The van der Waals surface area contributed by atoms with Crippen LogP contribution in [-0.4, -0.2) is 57.2 Å². The molecule has 0 saturated carbocycles. The number of nitrogens with zero attached hydrogens (tertiary/aromatic N) is 2. The zero-order valence-corrected chi connectivity index (χ0v) is 16.6. The summed E-state index contributed by atoms with van der Waals surface area (Å²) < 4.78 is 5.09. The highest BCUT2D eigenvalue weighted by Crippen LogP contribution is 2.20. The second-order valence-corrected chi connectivity index (χ2v) is 6.97. The molecule has 9 heteroatoms. The highest BCUT2D eigenvalue weighted by molar-refractivity contribution is 5.77. The number of aliphatic hydroxyl groups excluding tert-OH is 1. The molecule has 0 aromatic heterocycles. The monoisotopic (exact) mass is 418 g/mol. The number of aliphatic carboxylic acids is 1. The Labute approximate surface area is 174 Å². The molecule has 9 nitrogen and oxygen atoms in total. The fourth-order valence-electron chi connectivity index (χ4n) is 3.14. The molecule has 0 bridgehead atoms. The van der Waals surface area contributed by atoms with Gasteiger partial charge in [0.05, 0.1) is 36.4 Å². The van der Waals surface area contributed by atoms with Crippen LogP contribution < -0.4 is 0 Å². The van der Waals surface area contributed by atoms with Gasteiger partial charge in [-0.2, -0.15) is 0 Å². The van der Waals surface area contributed by atoms with Crippen LogP contribution in [0, 0.1) is 10.1 Å². The van der Waals surface area contributed by atoms with Gasteiger partial charge in [0.1, 0.15) is 0 Å². The molecule has 2 atom stereocenters. The largest absolute Gasteiger partial charge is 0.501 e. The zero-order valence-electron chi connectivity index (χ0n) is 16.6. The van der Waals surface area contributed by atoms with Crippen molar-refractivity contribution < 1.29 is 29.5 Å². The van der Waals surface area contributed by atoms with Gasteiger partial charge in [-0.15, -0.1) is 0 Å².